The van der Waals surface area contributed by atoms with Gasteiger partial charge in [0.05, 0.1) is 17.9 Å². The van der Waals surface area contributed by atoms with E-state index in [1.165, 1.54) is 6.07 Å². The lowest BCUT2D eigenvalue weighted by Crippen LogP contribution is -2.13. The summed E-state index contributed by atoms with van der Waals surface area (Å²) in [5.41, 5.74) is 0.922. The van der Waals surface area contributed by atoms with Crippen molar-refractivity contribution in [1.82, 2.24) is 10.2 Å². The molecule has 0 aliphatic carbocycles. The second-order valence-corrected chi connectivity index (χ2v) is 3.61. The van der Waals surface area contributed by atoms with Gasteiger partial charge in [-0.1, -0.05) is 0 Å². The van der Waals surface area contributed by atoms with Gasteiger partial charge in [0, 0.05) is 5.56 Å². The molecule has 0 aliphatic rings. The Morgan fingerprint density at radius 1 is 1.33 bits per heavy atom. The number of aromatic nitrogens is 2. The quantitative estimate of drug-likeness (QED) is 0.830. The summed E-state index contributed by atoms with van der Waals surface area (Å²) in [6.07, 6.45) is 0.512. The molecule has 1 aromatic heterocycles. The van der Waals surface area contributed by atoms with Gasteiger partial charge in [0.2, 0.25) is 0 Å². The molecule has 0 atom stereocenters. The molecule has 1 N–H and O–H groups in total. The zero-order chi connectivity index (χ0) is 13.0. The molecule has 0 saturated heterocycles. The first-order valence-corrected chi connectivity index (χ1v) is 5.52. The van der Waals surface area contributed by atoms with Gasteiger partial charge in [-0.25, -0.2) is 5.10 Å². The third-order valence-corrected chi connectivity index (χ3v) is 2.42. The van der Waals surface area contributed by atoms with E-state index in [4.69, 9.17) is 4.74 Å². The highest BCUT2D eigenvalue weighted by Gasteiger charge is 2.04. The number of hydrogen-bond acceptors (Lipinski definition) is 4. The number of rotatable bonds is 4. The molecule has 0 fully saturated rings. The van der Waals surface area contributed by atoms with Crippen LogP contribution in [0.1, 0.15) is 17.3 Å². The smallest absolute Gasteiger partial charge is 0.274 e. The maximum absolute atomic E-state index is 11.2. The Bertz CT molecular complexity index is 602. The Hall–Kier alpha value is -2.43. The fourth-order valence-corrected chi connectivity index (χ4v) is 1.54. The van der Waals surface area contributed by atoms with Crippen molar-refractivity contribution in [2.24, 2.45) is 0 Å². The van der Waals surface area contributed by atoms with Crippen LogP contribution in [0.3, 0.4) is 0 Å². The fraction of sp³-hybridized carbons (Fsp3) is 0.154. The van der Waals surface area contributed by atoms with Gasteiger partial charge in [0.25, 0.3) is 5.56 Å². The van der Waals surface area contributed by atoms with Crippen molar-refractivity contribution in [3.8, 4) is 17.0 Å². The van der Waals surface area contributed by atoms with Crippen LogP contribution in [-0.4, -0.2) is 23.1 Å². The molecule has 0 saturated carbocycles. The Balaban J connectivity index is 2.36. The number of hydrogen-bond donors (Lipinski definition) is 1. The first kappa shape index (κ1) is 12.0. The minimum atomic E-state index is -0.486. The SMILES string of the molecule is CCOc1ccc(-c2cc(C=O)c(=O)[nH]n2)cc1. The van der Waals surface area contributed by atoms with Crippen molar-refractivity contribution in [3.05, 3.63) is 46.2 Å². The normalized spacial score (nSPS) is 10.1. The Kier molecular flexibility index (Phi) is 3.52. The maximum atomic E-state index is 11.2. The number of aldehydes is 1. The van der Waals surface area contributed by atoms with Crippen LogP contribution in [0.4, 0.5) is 0 Å². The highest BCUT2D eigenvalue weighted by Crippen LogP contribution is 2.20. The van der Waals surface area contributed by atoms with Crippen LogP contribution in [0.2, 0.25) is 0 Å². The second kappa shape index (κ2) is 5.27. The van der Waals surface area contributed by atoms with Crippen LogP contribution in [0, 0.1) is 0 Å². The zero-order valence-electron chi connectivity index (χ0n) is 9.84. The summed E-state index contributed by atoms with van der Waals surface area (Å²) in [7, 11) is 0. The molecule has 1 aromatic carbocycles. The van der Waals surface area contributed by atoms with Crippen molar-refractivity contribution in [2.45, 2.75) is 6.92 Å². The number of ether oxygens (including phenoxy) is 1. The highest BCUT2D eigenvalue weighted by atomic mass is 16.5. The molecule has 18 heavy (non-hydrogen) atoms. The minimum absolute atomic E-state index is 0.0638. The van der Waals surface area contributed by atoms with E-state index in [1.807, 2.05) is 31.2 Å². The van der Waals surface area contributed by atoms with E-state index >= 15 is 0 Å². The zero-order valence-corrected chi connectivity index (χ0v) is 9.84. The summed E-state index contributed by atoms with van der Waals surface area (Å²) in [6.45, 7) is 2.51. The first-order valence-electron chi connectivity index (χ1n) is 5.52. The van der Waals surface area contributed by atoms with Gasteiger partial charge in [-0.3, -0.25) is 9.59 Å². The lowest BCUT2D eigenvalue weighted by atomic mass is 10.1. The van der Waals surface area contributed by atoms with Crippen LogP contribution in [-0.2, 0) is 0 Å². The molecule has 92 valence electrons. The summed E-state index contributed by atoms with van der Waals surface area (Å²) in [4.78, 5) is 21.9. The molecule has 0 amide bonds. The van der Waals surface area contributed by atoms with E-state index in [1.54, 1.807) is 0 Å². The number of carbonyl (C=O) groups excluding carboxylic acids is 1. The molecule has 0 unspecified atom stereocenters. The van der Waals surface area contributed by atoms with Gasteiger partial charge < -0.3 is 4.74 Å². The predicted octanol–water partition coefficient (Wildman–Crippen LogP) is 1.65. The second-order valence-electron chi connectivity index (χ2n) is 3.61. The van der Waals surface area contributed by atoms with E-state index in [0.717, 1.165) is 11.3 Å². The number of nitrogens with one attached hydrogen (secondary N) is 1. The molecule has 5 nitrogen and oxygen atoms in total. The molecule has 0 spiro atoms. The third-order valence-electron chi connectivity index (χ3n) is 2.42. The van der Waals surface area contributed by atoms with Crippen LogP contribution in [0.15, 0.2) is 35.1 Å². The van der Waals surface area contributed by atoms with Crippen molar-refractivity contribution >= 4 is 6.29 Å². The molecule has 5 heteroatoms. The van der Waals surface area contributed by atoms with Gasteiger partial charge in [0.1, 0.15) is 5.75 Å². The lowest BCUT2D eigenvalue weighted by Gasteiger charge is -2.04. The number of carbonyl (C=O) groups is 1. The van der Waals surface area contributed by atoms with E-state index in [9.17, 15) is 9.59 Å². The van der Waals surface area contributed by atoms with Crippen LogP contribution < -0.4 is 10.3 Å². The van der Waals surface area contributed by atoms with Crippen molar-refractivity contribution in [3.63, 3.8) is 0 Å². The summed E-state index contributed by atoms with van der Waals surface area (Å²) >= 11 is 0. The number of aromatic amines is 1. The fourth-order valence-electron chi connectivity index (χ4n) is 1.54. The molecular weight excluding hydrogens is 232 g/mol. The Labute approximate surface area is 103 Å². The lowest BCUT2D eigenvalue weighted by molar-refractivity contribution is 0.112. The third kappa shape index (κ3) is 2.45. The predicted molar refractivity (Wildman–Crippen MR) is 66.9 cm³/mol. The van der Waals surface area contributed by atoms with Gasteiger partial charge in [0.15, 0.2) is 6.29 Å². The molecular formula is C13H12N2O3. The summed E-state index contributed by atoms with van der Waals surface area (Å²) in [5.74, 6) is 0.765. The largest absolute Gasteiger partial charge is 0.494 e. The van der Waals surface area contributed by atoms with Gasteiger partial charge in [-0.15, -0.1) is 0 Å². The van der Waals surface area contributed by atoms with Crippen molar-refractivity contribution < 1.29 is 9.53 Å². The highest BCUT2D eigenvalue weighted by molar-refractivity contribution is 5.76. The Morgan fingerprint density at radius 3 is 2.67 bits per heavy atom. The van der Waals surface area contributed by atoms with Crippen LogP contribution in [0.25, 0.3) is 11.3 Å². The average molecular weight is 244 g/mol. The van der Waals surface area contributed by atoms with Gasteiger partial charge >= 0.3 is 0 Å². The minimum Gasteiger partial charge on any atom is -0.494 e. The molecule has 2 rings (SSSR count). The molecule has 2 aromatic rings. The number of nitrogens with zero attached hydrogens (tertiary/aromatic N) is 1. The van der Waals surface area contributed by atoms with Crippen LogP contribution in [0.5, 0.6) is 5.75 Å². The molecule has 0 radical (unpaired) electrons. The average Bonchev–Trinajstić information content (AvgIpc) is 2.41. The van der Waals surface area contributed by atoms with E-state index in [-0.39, 0.29) is 5.56 Å². The topological polar surface area (TPSA) is 72.1 Å². The first-order chi connectivity index (χ1) is 8.74. The summed E-state index contributed by atoms with van der Waals surface area (Å²) in [5, 5.41) is 6.19. The van der Waals surface area contributed by atoms with E-state index < -0.39 is 5.56 Å². The Morgan fingerprint density at radius 2 is 2.06 bits per heavy atom. The van der Waals surface area contributed by atoms with E-state index in [0.29, 0.717) is 18.6 Å². The standard InChI is InChI=1S/C13H12N2O3/c1-2-18-11-5-3-9(4-6-11)12-7-10(8-16)13(17)15-14-12/h3-8H,2H2,1H3,(H,15,17). The van der Waals surface area contributed by atoms with E-state index in [2.05, 4.69) is 10.2 Å². The van der Waals surface area contributed by atoms with Crippen LogP contribution >= 0.6 is 0 Å². The monoisotopic (exact) mass is 244 g/mol. The van der Waals surface area contributed by atoms with Crippen molar-refractivity contribution in [1.29, 1.82) is 0 Å². The molecule has 0 aliphatic heterocycles. The summed E-state index contributed by atoms with van der Waals surface area (Å²) < 4.78 is 5.33. The number of H-pyrrole nitrogens is 1. The summed E-state index contributed by atoms with van der Waals surface area (Å²) in [6, 6.07) is 8.72. The maximum Gasteiger partial charge on any atom is 0.274 e. The molecule has 1 heterocycles. The number of benzene rings is 1. The van der Waals surface area contributed by atoms with Gasteiger partial charge in [-0.2, -0.15) is 5.10 Å². The van der Waals surface area contributed by atoms with Crippen molar-refractivity contribution in [2.75, 3.05) is 6.61 Å². The van der Waals surface area contributed by atoms with Gasteiger partial charge in [-0.05, 0) is 37.3 Å². The molecule has 0 bridgehead atoms.